The number of β-lactam (4-membered cyclic amide) rings is 1. The summed E-state index contributed by atoms with van der Waals surface area (Å²) in [6, 6.07) is 9.47. The quantitative estimate of drug-likeness (QED) is 0.852. The van der Waals surface area contributed by atoms with E-state index in [0.717, 1.165) is 18.4 Å². The van der Waals surface area contributed by atoms with Crippen LogP contribution in [0.4, 0.5) is 0 Å². The Morgan fingerprint density at radius 2 is 1.78 bits per heavy atom. The zero-order valence-corrected chi connectivity index (χ0v) is 14.5. The predicted molar refractivity (Wildman–Crippen MR) is 89.1 cm³/mol. The van der Waals surface area contributed by atoms with Gasteiger partial charge in [0.2, 0.25) is 15.9 Å². The third kappa shape index (κ3) is 3.15. The number of carbonyl (C=O) groups excluding carboxylic acids is 1. The van der Waals surface area contributed by atoms with Gasteiger partial charge in [0.25, 0.3) is 0 Å². The predicted octanol–water partition coefficient (Wildman–Crippen LogP) is 1.75. The van der Waals surface area contributed by atoms with Crippen molar-refractivity contribution in [2.24, 2.45) is 11.3 Å². The van der Waals surface area contributed by atoms with Crippen LogP contribution in [0.1, 0.15) is 32.3 Å². The fourth-order valence-corrected chi connectivity index (χ4v) is 5.21. The minimum Gasteiger partial charge on any atom is -0.351 e. The lowest BCUT2D eigenvalue weighted by atomic mass is 9.68. The molecule has 6 heteroatoms. The van der Waals surface area contributed by atoms with Gasteiger partial charge in [-0.25, -0.2) is 12.7 Å². The van der Waals surface area contributed by atoms with E-state index in [1.807, 2.05) is 44.2 Å². The number of carbonyl (C=O) groups is 1. The van der Waals surface area contributed by atoms with Crippen molar-refractivity contribution in [1.82, 2.24) is 9.62 Å². The zero-order chi connectivity index (χ0) is 16.7. The van der Waals surface area contributed by atoms with E-state index in [1.165, 1.54) is 0 Å². The molecule has 2 heterocycles. The van der Waals surface area contributed by atoms with E-state index in [4.69, 9.17) is 0 Å². The highest BCUT2D eigenvalue weighted by molar-refractivity contribution is 7.88. The normalized spacial score (nSPS) is 25.7. The number of nitrogens with zero attached hydrogens (tertiary/aromatic N) is 1. The number of sulfonamides is 1. The average Bonchev–Trinajstić information content (AvgIpc) is 2.53. The number of amides is 1. The highest BCUT2D eigenvalue weighted by Crippen LogP contribution is 2.38. The van der Waals surface area contributed by atoms with E-state index in [-0.39, 0.29) is 23.1 Å². The van der Waals surface area contributed by atoms with Crippen LogP contribution in [0.2, 0.25) is 0 Å². The summed E-state index contributed by atoms with van der Waals surface area (Å²) in [4.78, 5) is 11.6. The molecular formula is C17H24N2O3S. The summed E-state index contributed by atoms with van der Waals surface area (Å²) in [6.45, 7) is 5.02. The van der Waals surface area contributed by atoms with Gasteiger partial charge in [-0.2, -0.15) is 0 Å². The number of hydrogen-bond donors (Lipinski definition) is 1. The summed E-state index contributed by atoms with van der Waals surface area (Å²) in [5, 5.41) is 2.99. The molecule has 2 fully saturated rings. The third-order valence-electron chi connectivity index (χ3n) is 5.20. The van der Waals surface area contributed by atoms with Crippen LogP contribution in [0.5, 0.6) is 0 Å². The van der Waals surface area contributed by atoms with E-state index in [0.29, 0.717) is 19.0 Å². The minimum absolute atomic E-state index is 0.0597. The second-order valence-electron chi connectivity index (χ2n) is 7.15. The van der Waals surface area contributed by atoms with Gasteiger partial charge in [-0.05, 0) is 38.2 Å². The first-order chi connectivity index (χ1) is 10.8. The van der Waals surface area contributed by atoms with Crippen LogP contribution in [0.3, 0.4) is 0 Å². The second kappa shape index (κ2) is 5.91. The molecule has 126 valence electrons. The Kier molecular flexibility index (Phi) is 4.23. The van der Waals surface area contributed by atoms with Crippen LogP contribution in [-0.4, -0.2) is 37.8 Å². The molecule has 0 saturated carbocycles. The lowest BCUT2D eigenvalue weighted by Crippen LogP contribution is -2.68. The summed E-state index contributed by atoms with van der Waals surface area (Å²) >= 11 is 0. The number of nitrogens with one attached hydrogen (secondary N) is 1. The number of rotatable bonds is 4. The molecule has 1 unspecified atom stereocenters. The van der Waals surface area contributed by atoms with Crippen LogP contribution in [0.25, 0.3) is 0 Å². The van der Waals surface area contributed by atoms with Gasteiger partial charge in [-0.1, -0.05) is 30.3 Å². The molecule has 1 aromatic carbocycles. The molecule has 0 radical (unpaired) electrons. The Morgan fingerprint density at radius 1 is 1.17 bits per heavy atom. The van der Waals surface area contributed by atoms with E-state index in [1.54, 1.807) is 4.31 Å². The van der Waals surface area contributed by atoms with Crippen molar-refractivity contribution in [1.29, 1.82) is 0 Å². The molecule has 0 aromatic heterocycles. The van der Waals surface area contributed by atoms with Gasteiger partial charge in [0.15, 0.2) is 0 Å². The maximum absolute atomic E-state index is 12.6. The Balaban J connectivity index is 1.59. The summed E-state index contributed by atoms with van der Waals surface area (Å²) < 4.78 is 26.7. The van der Waals surface area contributed by atoms with Gasteiger partial charge in [-0.3, -0.25) is 4.79 Å². The number of benzene rings is 1. The van der Waals surface area contributed by atoms with Gasteiger partial charge < -0.3 is 5.32 Å². The smallest absolute Gasteiger partial charge is 0.228 e. The van der Waals surface area contributed by atoms with Gasteiger partial charge in [0.1, 0.15) is 0 Å². The molecule has 2 aliphatic rings. The Labute approximate surface area is 138 Å². The van der Waals surface area contributed by atoms with Crippen molar-refractivity contribution >= 4 is 15.9 Å². The number of hydrogen-bond acceptors (Lipinski definition) is 3. The molecule has 5 nitrogen and oxygen atoms in total. The molecule has 0 bridgehead atoms. The molecule has 0 spiro atoms. The van der Waals surface area contributed by atoms with E-state index in [9.17, 15) is 13.2 Å². The summed E-state index contributed by atoms with van der Waals surface area (Å²) in [5.74, 6) is 0.525. The highest BCUT2D eigenvalue weighted by atomic mass is 32.2. The van der Waals surface area contributed by atoms with Gasteiger partial charge in [-0.15, -0.1) is 0 Å². The zero-order valence-electron chi connectivity index (χ0n) is 13.7. The molecular weight excluding hydrogens is 312 g/mol. The second-order valence-corrected chi connectivity index (χ2v) is 9.12. The molecule has 23 heavy (non-hydrogen) atoms. The first kappa shape index (κ1) is 16.5. The molecule has 3 rings (SSSR count). The van der Waals surface area contributed by atoms with Gasteiger partial charge >= 0.3 is 0 Å². The van der Waals surface area contributed by atoms with Crippen LogP contribution >= 0.6 is 0 Å². The largest absolute Gasteiger partial charge is 0.351 e. The summed E-state index contributed by atoms with van der Waals surface area (Å²) in [7, 11) is -3.27. The lowest BCUT2D eigenvalue weighted by Gasteiger charge is -2.49. The molecule has 0 aliphatic carbocycles. The molecule has 1 N–H and O–H groups in total. The third-order valence-corrected chi connectivity index (χ3v) is 7.05. The first-order valence-electron chi connectivity index (χ1n) is 8.13. The standard InChI is InChI=1S/C17H24N2O3S/c1-17(2)15(18-16(17)20)14-8-10-19(11-9-14)23(21,22)12-13-6-4-3-5-7-13/h3-7,14-15H,8-12H2,1-2H3,(H,18,20). The Hall–Kier alpha value is -1.40. The summed E-state index contributed by atoms with van der Waals surface area (Å²) in [6.07, 6.45) is 1.62. The molecule has 2 aliphatic heterocycles. The van der Waals surface area contributed by atoms with E-state index < -0.39 is 10.0 Å². The molecule has 2 saturated heterocycles. The van der Waals surface area contributed by atoms with Crippen molar-refractivity contribution < 1.29 is 13.2 Å². The Bertz CT molecular complexity index is 677. The topological polar surface area (TPSA) is 66.5 Å². The van der Waals surface area contributed by atoms with E-state index >= 15 is 0 Å². The lowest BCUT2D eigenvalue weighted by molar-refractivity contribution is -0.146. The monoisotopic (exact) mass is 336 g/mol. The van der Waals surface area contributed by atoms with Crippen molar-refractivity contribution in [3.8, 4) is 0 Å². The first-order valence-corrected chi connectivity index (χ1v) is 9.74. The average molecular weight is 336 g/mol. The van der Waals surface area contributed by atoms with Crippen molar-refractivity contribution in [3.05, 3.63) is 35.9 Å². The van der Waals surface area contributed by atoms with Crippen LogP contribution in [0.15, 0.2) is 30.3 Å². The van der Waals surface area contributed by atoms with E-state index in [2.05, 4.69) is 5.32 Å². The van der Waals surface area contributed by atoms with Crippen LogP contribution in [0, 0.1) is 11.3 Å². The molecule has 1 aromatic rings. The fourth-order valence-electron chi connectivity index (χ4n) is 3.64. The van der Waals surface area contributed by atoms with Crippen LogP contribution in [-0.2, 0) is 20.6 Å². The Morgan fingerprint density at radius 3 is 2.30 bits per heavy atom. The van der Waals surface area contributed by atoms with Gasteiger partial charge in [0, 0.05) is 19.1 Å². The number of piperidine rings is 1. The highest BCUT2D eigenvalue weighted by Gasteiger charge is 2.51. The van der Waals surface area contributed by atoms with Crippen LogP contribution < -0.4 is 5.32 Å². The fraction of sp³-hybridized carbons (Fsp3) is 0.588. The maximum Gasteiger partial charge on any atom is 0.228 e. The molecule has 1 atom stereocenters. The summed E-state index contributed by atoms with van der Waals surface area (Å²) in [5.41, 5.74) is 0.498. The van der Waals surface area contributed by atoms with Crippen molar-refractivity contribution in [2.45, 2.75) is 38.5 Å². The maximum atomic E-state index is 12.6. The van der Waals surface area contributed by atoms with Crippen molar-refractivity contribution in [3.63, 3.8) is 0 Å². The van der Waals surface area contributed by atoms with Gasteiger partial charge in [0.05, 0.1) is 11.2 Å². The van der Waals surface area contributed by atoms with Crippen molar-refractivity contribution in [2.75, 3.05) is 13.1 Å². The minimum atomic E-state index is -3.27. The SMILES string of the molecule is CC1(C)C(=O)NC1C1CCN(S(=O)(=O)Cc2ccccc2)CC1. The molecule has 1 amide bonds.